The van der Waals surface area contributed by atoms with Gasteiger partial charge in [-0.3, -0.25) is 0 Å². The fourth-order valence-corrected chi connectivity index (χ4v) is 3.81. The van der Waals surface area contributed by atoms with Crippen molar-refractivity contribution in [1.82, 2.24) is 15.1 Å². The zero-order valence-corrected chi connectivity index (χ0v) is 11.0. The zero-order chi connectivity index (χ0) is 11.5. The average molecular weight is 237 g/mol. The Labute approximate surface area is 106 Å². The minimum Gasteiger partial charge on any atom is -0.312 e. The summed E-state index contributed by atoms with van der Waals surface area (Å²) in [7, 11) is 0. The van der Waals surface area contributed by atoms with Gasteiger partial charge in [0.1, 0.15) is 0 Å². The van der Waals surface area contributed by atoms with Crippen LogP contribution in [0.5, 0.6) is 0 Å². The van der Waals surface area contributed by atoms with Crippen LogP contribution in [0, 0.1) is 5.92 Å². The molecule has 3 nitrogen and oxygen atoms in total. The molecule has 0 aliphatic carbocycles. The first-order valence-electron chi connectivity index (χ1n) is 7.60. The molecule has 1 N–H and O–H groups in total. The van der Waals surface area contributed by atoms with E-state index in [4.69, 9.17) is 0 Å². The Morgan fingerprint density at radius 3 is 2.65 bits per heavy atom. The highest BCUT2D eigenvalue weighted by Crippen LogP contribution is 2.26. The molecule has 0 saturated carbocycles. The quantitative estimate of drug-likeness (QED) is 0.791. The molecule has 3 fully saturated rings. The molecule has 0 spiro atoms. The second-order valence-electron chi connectivity index (χ2n) is 6.10. The maximum atomic E-state index is 3.83. The standard InChI is InChI=1S/C14H27N3/c1-2-7-16(8-3-1)11-6-15-14-5-10-17-9-4-13(14)12-17/h13-15H,1-12H2. The molecule has 98 valence electrons. The van der Waals surface area contributed by atoms with Crippen LogP contribution < -0.4 is 5.32 Å². The van der Waals surface area contributed by atoms with Gasteiger partial charge in [-0.25, -0.2) is 0 Å². The molecule has 0 radical (unpaired) electrons. The minimum atomic E-state index is 0.818. The molecule has 3 saturated heterocycles. The zero-order valence-electron chi connectivity index (χ0n) is 11.0. The summed E-state index contributed by atoms with van der Waals surface area (Å²) in [5.74, 6) is 0.949. The predicted octanol–water partition coefficient (Wildman–Crippen LogP) is 1.16. The Hall–Kier alpha value is -0.120. The van der Waals surface area contributed by atoms with E-state index < -0.39 is 0 Å². The van der Waals surface area contributed by atoms with Crippen molar-refractivity contribution in [3.63, 3.8) is 0 Å². The van der Waals surface area contributed by atoms with Crippen molar-refractivity contribution >= 4 is 0 Å². The van der Waals surface area contributed by atoms with E-state index in [0.29, 0.717) is 0 Å². The Morgan fingerprint density at radius 1 is 0.941 bits per heavy atom. The molecule has 2 bridgehead atoms. The molecule has 0 amide bonds. The molecular weight excluding hydrogens is 210 g/mol. The first-order valence-corrected chi connectivity index (χ1v) is 7.60. The van der Waals surface area contributed by atoms with E-state index in [0.717, 1.165) is 12.0 Å². The van der Waals surface area contributed by atoms with Gasteiger partial charge in [0.25, 0.3) is 0 Å². The first-order chi connectivity index (χ1) is 8.42. The molecule has 3 unspecified atom stereocenters. The molecular formula is C14H27N3. The lowest BCUT2D eigenvalue weighted by Gasteiger charge is -2.32. The van der Waals surface area contributed by atoms with Crippen molar-refractivity contribution in [3.8, 4) is 0 Å². The number of fused-ring (bicyclic) bond motifs is 2. The number of hydrogen-bond acceptors (Lipinski definition) is 3. The molecule has 3 rings (SSSR count). The van der Waals surface area contributed by atoms with Crippen molar-refractivity contribution in [1.29, 1.82) is 0 Å². The average Bonchev–Trinajstić information content (AvgIpc) is 2.76. The van der Waals surface area contributed by atoms with Crippen LogP contribution in [0.25, 0.3) is 0 Å². The van der Waals surface area contributed by atoms with Crippen LogP contribution in [-0.2, 0) is 0 Å². The van der Waals surface area contributed by atoms with Crippen LogP contribution >= 0.6 is 0 Å². The van der Waals surface area contributed by atoms with Gasteiger partial charge in [-0.1, -0.05) is 6.42 Å². The fourth-order valence-electron chi connectivity index (χ4n) is 3.81. The van der Waals surface area contributed by atoms with Gasteiger partial charge in [0, 0.05) is 25.7 Å². The number of rotatable bonds is 4. The first kappa shape index (κ1) is 11.9. The highest BCUT2D eigenvalue weighted by Gasteiger charge is 2.33. The molecule has 0 aromatic carbocycles. The molecule has 0 aromatic rings. The van der Waals surface area contributed by atoms with Crippen LogP contribution in [0.2, 0.25) is 0 Å². The number of likely N-dealkylation sites (tertiary alicyclic amines) is 1. The maximum Gasteiger partial charge on any atom is 0.0121 e. The second-order valence-corrected chi connectivity index (χ2v) is 6.10. The minimum absolute atomic E-state index is 0.818. The predicted molar refractivity (Wildman–Crippen MR) is 71.2 cm³/mol. The molecule has 17 heavy (non-hydrogen) atoms. The summed E-state index contributed by atoms with van der Waals surface area (Å²) in [6.45, 7) is 9.20. The van der Waals surface area contributed by atoms with Crippen LogP contribution in [0.1, 0.15) is 32.1 Å². The van der Waals surface area contributed by atoms with Crippen molar-refractivity contribution < 1.29 is 0 Å². The summed E-state index contributed by atoms with van der Waals surface area (Å²) < 4.78 is 0. The van der Waals surface area contributed by atoms with Gasteiger partial charge in [0.05, 0.1) is 0 Å². The summed E-state index contributed by atoms with van der Waals surface area (Å²) in [6.07, 6.45) is 7.10. The summed E-state index contributed by atoms with van der Waals surface area (Å²) in [4.78, 5) is 5.27. The van der Waals surface area contributed by atoms with Crippen molar-refractivity contribution in [2.75, 3.05) is 45.8 Å². The molecule has 0 aromatic heterocycles. The SMILES string of the molecule is C1CCN(CCNC2CCN3CCC2C3)CC1. The second kappa shape index (κ2) is 5.68. The van der Waals surface area contributed by atoms with E-state index >= 15 is 0 Å². The van der Waals surface area contributed by atoms with E-state index in [-0.39, 0.29) is 0 Å². The maximum absolute atomic E-state index is 3.83. The normalized spacial score (nSPS) is 38.5. The fraction of sp³-hybridized carbons (Fsp3) is 1.00. The monoisotopic (exact) mass is 237 g/mol. The topological polar surface area (TPSA) is 18.5 Å². The van der Waals surface area contributed by atoms with Gasteiger partial charge in [-0.15, -0.1) is 0 Å². The van der Waals surface area contributed by atoms with Crippen LogP contribution in [0.15, 0.2) is 0 Å². The summed E-state index contributed by atoms with van der Waals surface area (Å²) >= 11 is 0. The molecule has 3 aliphatic rings. The van der Waals surface area contributed by atoms with E-state index in [9.17, 15) is 0 Å². The number of nitrogens with zero attached hydrogens (tertiary/aromatic N) is 2. The van der Waals surface area contributed by atoms with Gasteiger partial charge in [0.15, 0.2) is 0 Å². The third-order valence-electron chi connectivity index (χ3n) is 4.92. The summed E-state index contributed by atoms with van der Waals surface area (Å²) in [5.41, 5.74) is 0. The molecule has 3 atom stereocenters. The van der Waals surface area contributed by atoms with E-state index in [2.05, 4.69) is 15.1 Å². The lowest BCUT2D eigenvalue weighted by atomic mass is 9.94. The van der Waals surface area contributed by atoms with E-state index in [1.54, 1.807) is 0 Å². The molecule has 3 heteroatoms. The van der Waals surface area contributed by atoms with Crippen molar-refractivity contribution in [2.45, 2.75) is 38.1 Å². The van der Waals surface area contributed by atoms with Gasteiger partial charge < -0.3 is 15.1 Å². The Balaban J connectivity index is 1.36. The number of nitrogens with one attached hydrogen (secondary N) is 1. The number of hydrogen-bond donors (Lipinski definition) is 1. The lowest BCUT2D eigenvalue weighted by Crippen LogP contribution is -2.46. The highest BCUT2D eigenvalue weighted by atomic mass is 15.2. The van der Waals surface area contributed by atoms with Gasteiger partial charge in [-0.2, -0.15) is 0 Å². The van der Waals surface area contributed by atoms with Crippen molar-refractivity contribution in [3.05, 3.63) is 0 Å². The number of piperidine rings is 2. The largest absolute Gasteiger partial charge is 0.312 e. The third kappa shape index (κ3) is 3.01. The summed E-state index contributed by atoms with van der Waals surface area (Å²) in [5, 5.41) is 3.83. The molecule has 3 aliphatic heterocycles. The van der Waals surface area contributed by atoms with E-state index in [1.807, 2.05) is 0 Å². The summed E-state index contributed by atoms with van der Waals surface area (Å²) in [6, 6.07) is 0.818. The Morgan fingerprint density at radius 2 is 1.76 bits per heavy atom. The van der Waals surface area contributed by atoms with Gasteiger partial charge in [-0.05, 0) is 57.8 Å². The van der Waals surface area contributed by atoms with Crippen LogP contribution in [-0.4, -0.2) is 61.7 Å². The van der Waals surface area contributed by atoms with Crippen molar-refractivity contribution in [2.24, 2.45) is 5.92 Å². The lowest BCUT2D eigenvalue weighted by molar-refractivity contribution is 0.198. The van der Waals surface area contributed by atoms with E-state index in [1.165, 1.54) is 77.9 Å². The highest BCUT2D eigenvalue weighted by molar-refractivity contribution is 4.90. The Kier molecular flexibility index (Phi) is 3.99. The Bertz CT molecular complexity index is 238. The third-order valence-corrected chi connectivity index (χ3v) is 4.92. The van der Waals surface area contributed by atoms with Crippen LogP contribution in [0.3, 0.4) is 0 Å². The van der Waals surface area contributed by atoms with Gasteiger partial charge >= 0.3 is 0 Å². The molecule has 3 heterocycles. The van der Waals surface area contributed by atoms with Crippen LogP contribution in [0.4, 0.5) is 0 Å². The smallest absolute Gasteiger partial charge is 0.0121 e. The van der Waals surface area contributed by atoms with Gasteiger partial charge in [0.2, 0.25) is 0 Å².